The zero-order valence-corrected chi connectivity index (χ0v) is 13.2. The van der Waals surface area contributed by atoms with Gasteiger partial charge in [-0.05, 0) is 48.4 Å². The average Bonchev–Trinajstić information content (AvgIpc) is 2.89. The highest BCUT2D eigenvalue weighted by Gasteiger charge is 2.24. The number of sulfonamides is 1. The van der Waals surface area contributed by atoms with E-state index in [0.717, 1.165) is 17.3 Å². The Balaban J connectivity index is 1.91. The van der Waals surface area contributed by atoms with Crippen molar-refractivity contribution in [3.05, 3.63) is 53.8 Å². The summed E-state index contributed by atoms with van der Waals surface area (Å²) in [4.78, 5) is 13.2. The van der Waals surface area contributed by atoms with Crippen LogP contribution in [-0.4, -0.2) is 20.9 Å². The SMILES string of the molecule is CC(=O)N1CCc2cc(S(=O)(=O)Nc3cccc(F)c3)ccc21. The monoisotopic (exact) mass is 334 g/mol. The molecule has 0 radical (unpaired) electrons. The van der Waals surface area contributed by atoms with Crippen LogP contribution in [0.3, 0.4) is 0 Å². The van der Waals surface area contributed by atoms with E-state index in [4.69, 9.17) is 0 Å². The molecule has 0 unspecified atom stereocenters. The number of hydrogen-bond acceptors (Lipinski definition) is 3. The number of rotatable bonds is 3. The number of hydrogen-bond donors (Lipinski definition) is 1. The molecule has 0 aromatic heterocycles. The van der Waals surface area contributed by atoms with Crippen LogP contribution in [0.1, 0.15) is 12.5 Å². The highest BCUT2D eigenvalue weighted by atomic mass is 32.2. The van der Waals surface area contributed by atoms with E-state index in [2.05, 4.69) is 4.72 Å². The van der Waals surface area contributed by atoms with E-state index >= 15 is 0 Å². The van der Waals surface area contributed by atoms with E-state index in [1.165, 1.54) is 31.2 Å². The van der Waals surface area contributed by atoms with Crippen molar-refractivity contribution in [2.24, 2.45) is 0 Å². The number of anilines is 2. The first-order valence-electron chi connectivity index (χ1n) is 7.06. The zero-order chi connectivity index (χ0) is 16.6. The maximum atomic E-state index is 13.2. The summed E-state index contributed by atoms with van der Waals surface area (Å²) in [6.45, 7) is 2.02. The van der Waals surface area contributed by atoms with Gasteiger partial charge in [0.05, 0.1) is 10.6 Å². The molecule has 1 aliphatic heterocycles. The van der Waals surface area contributed by atoms with E-state index in [1.807, 2.05) is 0 Å². The number of halogens is 1. The fraction of sp³-hybridized carbons (Fsp3) is 0.188. The average molecular weight is 334 g/mol. The summed E-state index contributed by atoms with van der Waals surface area (Å²) in [5.74, 6) is -0.589. The Morgan fingerprint density at radius 1 is 1.22 bits per heavy atom. The van der Waals surface area contributed by atoms with Crippen molar-refractivity contribution in [3.8, 4) is 0 Å². The van der Waals surface area contributed by atoms with E-state index < -0.39 is 15.8 Å². The Hall–Kier alpha value is -2.41. The van der Waals surface area contributed by atoms with Crippen molar-refractivity contribution in [2.45, 2.75) is 18.2 Å². The standard InChI is InChI=1S/C16H15FN2O3S/c1-11(20)19-8-7-12-9-15(5-6-16(12)19)23(21,22)18-14-4-2-3-13(17)10-14/h2-6,9-10,18H,7-8H2,1H3. The largest absolute Gasteiger partial charge is 0.312 e. The van der Waals surface area contributed by atoms with Gasteiger partial charge in [-0.25, -0.2) is 12.8 Å². The first-order valence-corrected chi connectivity index (χ1v) is 8.54. The predicted molar refractivity (Wildman–Crippen MR) is 85.4 cm³/mol. The van der Waals surface area contributed by atoms with Crippen molar-refractivity contribution in [2.75, 3.05) is 16.2 Å². The topological polar surface area (TPSA) is 66.5 Å². The van der Waals surface area contributed by atoms with Crippen LogP contribution in [0.4, 0.5) is 15.8 Å². The van der Waals surface area contributed by atoms with Crippen LogP contribution < -0.4 is 9.62 Å². The first-order chi connectivity index (χ1) is 10.9. The van der Waals surface area contributed by atoms with Crippen LogP contribution in [-0.2, 0) is 21.2 Å². The summed E-state index contributed by atoms with van der Waals surface area (Å²) >= 11 is 0. The zero-order valence-electron chi connectivity index (χ0n) is 12.4. The number of fused-ring (bicyclic) bond motifs is 1. The highest BCUT2D eigenvalue weighted by molar-refractivity contribution is 7.92. The second-order valence-corrected chi connectivity index (χ2v) is 7.01. The molecule has 23 heavy (non-hydrogen) atoms. The number of nitrogens with one attached hydrogen (secondary N) is 1. The molecule has 2 aromatic rings. The minimum atomic E-state index is -3.81. The van der Waals surface area contributed by atoms with Crippen molar-refractivity contribution in [3.63, 3.8) is 0 Å². The summed E-state index contributed by atoms with van der Waals surface area (Å²) in [7, 11) is -3.81. The molecule has 3 rings (SSSR count). The van der Waals surface area contributed by atoms with Crippen molar-refractivity contribution >= 4 is 27.3 Å². The normalized spacial score (nSPS) is 13.7. The van der Waals surface area contributed by atoms with Gasteiger partial charge in [0, 0.05) is 19.2 Å². The van der Waals surface area contributed by atoms with E-state index in [-0.39, 0.29) is 16.5 Å². The van der Waals surface area contributed by atoms with Crippen LogP contribution in [0.2, 0.25) is 0 Å². The number of nitrogens with zero attached hydrogens (tertiary/aromatic N) is 1. The Morgan fingerprint density at radius 3 is 2.70 bits per heavy atom. The predicted octanol–water partition coefficient (Wildman–Crippen LogP) is 2.54. The second-order valence-electron chi connectivity index (χ2n) is 5.33. The molecule has 1 amide bonds. The van der Waals surface area contributed by atoms with Gasteiger partial charge in [0.2, 0.25) is 5.91 Å². The summed E-state index contributed by atoms with van der Waals surface area (Å²) in [5, 5.41) is 0. The first kappa shape index (κ1) is 15.5. The van der Waals surface area contributed by atoms with Gasteiger partial charge in [-0.3, -0.25) is 9.52 Å². The van der Waals surface area contributed by atoms with Crippen molar-refractivity contribution in [1.29, 1.82) is 0 Å². The van der Waals surface area contributed by atoms with Crippen LogP contribution in [0.25, 0.3) is 0 Å². The lowest BCUT2D eigenvalue weighted by Crippen LogP contribution is -2.25. The van der Waals surface area contributed by atoms with Crippen molar-refractivity contribution in [1.82, 2.24) is 0 Å². The molecule has 1 N–H and O–H groups in total. The molecule has 0 saturated heterocycles. The van der Waals surface area contributed by atoms with E-state index in [1.54, 1.807) is 17.0 Å². The summed E-state index contributed by atoms with van der Waals surface area (Å²) in [5.41, 5.74) is 1.71. The highest BCUT2D eigenvalue weighted by Crippen LogP contribution is 2.30. The van der Waals surface area contributed by atoms with Gasteiger partial charge >= 0.3 is 0 Å². The van der Waals surface area contributed by atoms with Crippen molar-refractivity contribution < 1.29 is 17.6 Å². The Morgan fingerprint density at radius 2 is 2.00 bits per heavy atom. The van der Waals surface area contributed by atoms with Crippen LogP contribution >= 0.6 is 0 Å². The fourth-order valence-corrected chi connectivity index (χ4v) is 3.74. The molecule has 5 nitrogen and oxygen atoms in total. The number of carbonyl (C=O) groups excluding carboxylic acids is 1. The van der Waals surface area contributed by atoms with Gasteiger partial charge in [0.1, 0.15) is 5.82 Å². The van der Waals surface area contributed by atoms with Gasteiger partial charge in [-0.2, -0.15) is 0 Å². The van der Waals surface area contributed by atoms with Gasteiger partial charge in [-0.1, -0.05) is 6.07 Å². The number of amides is 1. The third kappa shape index (κ3) is 3.05. The molecule has 0 aliphatic carbocycles. The van der Waals surface area contributed by atoms with E-state index in [9.17, 15) is 17.6 Å². The Labute approximate surface area is 133 Å². The molecule has 120 valence electrons. The molecular weight excluding hydrogens is 319 g/mol. The quantitative estimate of drug-likeness (QED) is 0.938. The number of benzene rings is 2. The Kier molecular flexibility index (Phi) is 3.81. The fourth-order valence-electron chi connectivity index (χ4n) is 2.64. The van der Waals surface area contributed by atoms with E-state index in [0.29, 0.717) is 13.0 Å². The van der Waals surface area contributed by atoms with Gasteiger partial charge in [0.15, 0.2) is 0 Å². The smallest absolute Gasteiger partial charge is 0.261 e. The molecule has 7 heteroatoms. The third-order valence-corrected chi connectivity index (χ3v) is 5.09. The molecule has 1 aliphatic rings. The molecule has 1 heterocycles. The van der Waals surface area contributed by atoms with Gasteiger partial charge in [-0.15, -0.1) is 0 Å². The number of carbonyl (C=O) groups is 1. The molecule has 2 aromatic carbocycles. The second kappa shape index (κ2) is 5.66. The maximum absolute atomic E-state index is 13.2. The van der Waals surface area contributed by atoms with Crippen LogP contribution in [0.5, 0.6) is 0 Å². The van der Waals surface area contributed by atoms with Gasteiger partial charge in [0.25, 0.3) is 10.0 Å². The van der Waals surface area contributed by atoms with Crippen LogP contribution in [0.15, 0.2) is 47.4 Å². The summed E-state index contributed by atoms with van der Waals surface area (Å²) < 4.78 is 40.4. The summed E-state index contributed by atoms with van der Waals surface area (Å²) in [6, 6.07) is 9.89. The minimum Gasteiger partial charge on any atom is -0.312 e. The third-order valence-electron chi connectivity index (χ3n) is 3.71. The van der Waals surface area contributed by atoms with Gasteiger partial charge < -0.3 is 4.90 Å². The maximum Gasteiger partial charge on any atom is 0.261 e. The molecule has 0 bridgehead atoms. The Bertz CT molecular complexity index is 881. The van der Waals surface area contributed by atoms with Crippen LogP contribution in [0, 0.1) is 5.82 Å². The lowest BCUT2D eigenvalue weighted by Gasteiger charge is -2.15. The molecule has 0 fully saturated rings. The molecule has 0 spiro atoms. The molecular formula is C16H15FN2O3S. The lowest BCUT2D eigenvalue weighted by atomic mass is 10.2. The molecule has 0 saturated carbocycles. The lowest BCUT2D eigenvalue weighted by molar-refractivity contribution is -0.116. The molecule has 0 atom stereocenters. The summed E-state index contributed by atoms with van der Waals surface area (Å²) in [6.07, 6.45) is 0.609. The minimum absolute atomic E-state index is 0.0720.